The van der Waals surface area contributed by atoms with Crippen molar-refractivity contribution in [1.82, 2.24) is 5.32 Å². The number of carbonyl (C=O) groups is 2. The second-order valence-electron chi connectivity index (χ2n) is 4.00. The molecule has 0 aromatic heterocycles. The van der Waals surface area contributed by atoms with E-state index in [1.807, 2.05) is 0 Å². The second-order valence-corrected chi connectivity index (χ2v) is 4.00. The van der Waals surface area contributed by atoms with Gasteiger partial charge in [0.25, 0.3) is 0 Å². The molecule has 0 aliphatic rings. The Hall–Kier alpha value is -1.95. The number of amides is 2. The summed E-state index contributed by atoms with van der Waals surface area (Å²) in [5.74, 6) is -2.07. The van der Waals surface area contributed by atoms with Crippen molar-refractivity contribution < 1.29 is 19.1 Å². The van der Waals surface area contributed by atoms with Gasteiger partial charge in [-0.2, -0.15) is 0 Å². The molecule has 19 heavy (non-hydrogen) atoms. The number of halogens is 1. The highest BCUT2D eigenvalue weighted by Crippen LogP contribution is 2.08. The van der Waals surface area contributed by atoms with Gasteiger partial charge in [0.05, 0.1) is 0 Å². The second kappa shape index (κ2) is 8.20. The molecule has 2 amide bonds. The maximum Gasteiger partial charge on any atom is 0.313 e. The van der Waals surface area contributed by atoms with Crippen LogP contribution in [0.5, 0.6) is 0 Å². The summed E-state index contributed by atoms with van der Waals surface area (Å²) in [6, 6.07) is 5.32. The van der Waals surface area contributed by atoms with E-state index in [1.54, 1.807) is 0 Å². The van der Waals surface area contributed by atoms with Gasteiger partial charge in [0.15, 0.2) is 0 Å². The number of benzene rings is 1. The number of aliphatic hydroxyl groups excluding tert-OH is 1. The number of anilines is 1. The van der Waals surface area contributed by atoms with Crippen LogP contribution < -0.4 is 10.6 Å². The number of unbranched alkanes of at least 4 members (excludes halogenated alkanes) is 2. The lowest BCUT2D eigenvalue weighted by Crippen LogP contribution is -2.35. The molecule has 0 radical (unpaired) electrons. The molecule has 5 nitrogen and oxygen atoms in total. The van der Waals surface area contributed by atoms with Crippen LogP contribution >= 0.6 is 0 Å². The average molecular weight is 268 g/mol. The molecule has 0 spiro atoms. The maximum absolute atomic E-state index is 12.9. The van der Waals surface area contributed by atoms with Gasteiger partial charge in [-0.3, -0.25) is 9.59 Å². The predicted molar refractivity (Wildman–Crippen MR) is 69.0 cm³/mol. The molecule has 1 aromatic rings. The molecule has 0 bridgehead atoms. The highest BCUT2D eigenvalue weighted by atomic mass is 19.1. The molecule has 0 atom stereocenters. The van der Waals surface area contributed by atoms with Crippen molar-refractivity contribution in [2.45, 2.75) is 19.3 Å². The lowest BCUT2D eigenvalue weighted by molar-refractivity contribution is -0.136. The quantitative estimate of drug-likeness (QED) is 0.533. The molecule has 6 heteroatoms. The van der Waals surface area contributed by atoms with E-state index in [2.05, 4.69) is 10.6 Å². The van der Waals surface area contributed by atoms with Crippen molar-refractivity contribution in [2.75, 3.05) is 18.5 Å². The number of hydrogen-bond acceptors (Lipinski definition) is 3. The Morgan fingerprint density at radius 3 is 2.63 bits per heavy atom. The summed E-state index contributed by atoms with van der Waals surface area (Å²) in [4.78, 5) is 22.9. The molecule has 0 saturated carbocycles. The van der Waals surface area contributed by atoms with Gasteiger partial charge in [0.1, 0.15) is 5.82 Å². The van der Waals surface area contributed by atoms with Crippen LogP contribution in [0.15, 0.2) is 24.3 Å². The Labute approximate surface area is 110 Å². The molecule has 0 heterocycles. The van der Waals surface area contributed by atoms with Crippen molar-refractivity contribution in [1.29, 1.82) is 0 Å². The van der Waals surface area contributed by atoms with Crippen LogP contribution in [-0.4, -0.2) is 30.1 Å². The Morgan fingerprint density at radius 2 is 1.95 bits per heavy atom. The van der Waals surface area contributed by atoms with Crippen molar-refractivity contribution in [2.24, 2.45) is 0 Å². The molecule has 0 saturated heterocycles. The fourth-order valence-corrected chi connectivity index (χ4v) is 1.45. The van der Waals surface area contributed by atoms with Crippen LogP contribution in [0.4, 0.5) is 10.1 Å². The van der Waals surface area contributed by atoms with E-state index in [-0.39, 0.29) is 12.3 Å². The van der Waals surface area contributed by atoms with Gasteiger partial charge in [0, 0.05) is 18.8 Å². The van der Waals surface area contributed by atoms with Crippen LogP contribution in [0.3, 0.4) is 0 Å². The first-order valence-corrected chi connectivity index (χ1v) is 6.09. The van der Waals surface area contributed by atoms with Crippen molar-refractivity contribution >= 4 is 17.5 Å². The first kappa shape index (κ1) is 15.1. The fourth-order valence-electron chi connectivity index (χ4n) is 1.45. The van der Waals surface area contributed by atoms with Gasteiger partial charge in [-0.15, -0.1) is 0 Å². The van der Waals surface area contributed by atoms with Crippen LogP contribution in [0.1, 0.15) is 19.3 Å². The molecular weight excluding hydrogens is 251 g/mol. The molecule has 104 valence electrons. The fraction of sp³-hybridized carbons (Fsp3) is 0.385. The van der Waals surface area contributed by atoms with Crippen LogP contribution in [0, 0.1) is 5.82 Å². The van der Waals surface area contributed by atoms with Crippen LogP contribution in [0.2, 0.25) is 0 Å². The first-order chi connectivity index (χ1) is 9.13. The normalized spacial score (nSPS) is 10.0. The van der Waals surface area contributed by atoms with Gasteiger partial charge >= 0.3 is 11.8 Å². The summed E-state index contributed by atoms with van der Waals surface area (Å²) in [6.07, 6.45) is 2.15. The highest BCUT2D eigenvalue weighted by Gasteiger charge is 2.12. The third kappa shape index (κ3) is 5.96. The summed E-state index contributed by atoms with van der Waals surface area (Å²) < 4.78 is 12.9. The number of hydrogen-bond donors (Lipinski definition) is 3. The third-order valence-corrected chi connectivity index (χ3v) is 2.41. The van der Waals surface area contributed by atoms with Crippen molar-refractivity contribution in [3.8, 4) is 0 Å². The van der Waals surface area contributed by atoms with E-state index in [0.29, 0.717) is 19.4 Å². The number of rotatable bonds is 6. The van der Waals surface area contributed by atoms with Gasteiger partial charge < -0.3 is 15.7 Å². The minimum atomic E-state index is -0.826. The van der Waals surface area contributed by atoms with Crippen LogP contribution in [-0.2, 0) is 9.59 Å². The minimum Gasteiger partial charge on any atom is -0.396 e. The van der Waals surface area contributed by atoms with E-state index in [1.165, 1.54) is 18.2 Å². The largest absolute Gasteiger partial charge is 0.396 e. The zero-order valence-corrected chi connectivity index (χ0v) is 10.5. The van der Waals surface area contributed by atoms with Gasteiger partial charge in [-0.05, 0) is 37.5 Å². The van der Waals surface area contributed by atoms with E-state index in [9.17, 15) is 14.0 Å². The summed E-state index contributed by atoms with van der Waals surface area (Å²) in [5, 5.41) is 13.3. The molecule has 0 unspecified atom stereocenters. The van der Waals surface area contributed by atoms with Crippen LogP contribution in [0.25, 0.3) is 0 Å². The first-order valence-electron chi connectivity index (χ1n) is 6.09. The maximum atomic E-state index is 12.9. The smallest absolute Gasteiger partial charge is 0.313 e. The minimum absolute atomic E-state index is 0.119. The van der Waals surface area contributed by atoms with E-state index < -0.39 is 17.6 Å². The SMILES string of the molecule is O=C(NCCCCCO)C(=O)Nc1cccc(F)c1. The number of nitrogens with one attached hydrogen (secondary N) is 2. The van der Waals surface area contributed by atoms with E-state index >= 15 is 0 Å². The van der Waals surface area contributed by atoms with E-state index in [0.717, 1.165) is 12.5 Å². The third-order valence-electron chi connectivity index (χ3n) is 2.41. The topological polar surface area (TPSA) is 78.4 Å². The lowest BCUT2D eigenvalue weighted by Gasteiger charge is -2.06. The summed E-state index contributed by atoms with van der Waals surface area (Å²) in [7, 11) is 0. The molecule has 0 aliphatic carbocycles. The molecular formula is C13H17FN2O3. The predicted octanol–water partition coefficient (Wildman–Crippen LogP) is 1.04. The van der Waals surface area contributed by atoms with E-state index in [4.69, 9.17) is 5.11 Å². The average Bonchev–Trinajstić information content (AvgIpc) is 2.38. The zero-order valence-electron chi connectivity index (χ0n) is 10.5. The van der Waals surface area contributed by atoms with Gasteiger partial charge in [-0.25, -0.2) is 4.39 Å². The lowest BCUT2D eigenvalue weighted by atomic mass is 10.2. The Bertz CT molecular complexity index is 438. The molecule has 1 rings (SSSR count). The highest BCUT2D eigenvalue weighted by molar-refractivity contribution is 6.39. The molecule has 1 aromatic carbocycles. The number of aliphatic hydroxyl groups is 1. The number of carbonyl (C=O) groups excluding carboxylic acids is 2. The Balaban J connectivity index is 2.31. The standard InChI is InChI=1S/C13H17FN2O3/c14-10-5-4-6-11(9-10)16-13(19)12(18)15-7-2-1-3-8-17/h4-6,9,17H,1-3,7-8H2,(H,15,18)(H,16,19). The molecule has 3 N–H and O–H groups in total. The summed E-state index contributed by atoms with van der Waals surface area (Å²) in [6.45, 7) is 0.489. The van der Waals surface area contributed by atoms with Gasteiger partial charge in [-0.1, -0.05) is 6.07 Å². The Kier molecular flexibility index (Phi) is 6.52. The molecule has 0 fully saturated rings. The van der Waals surface area contributed by atoms with Crippen molar-refractivity contribution in [3.05, 3.63) is 30.1 Å². The zero-order chi connectivity index (χ0) is 14.1. The summed E-state index contributed by atoms with van der Waals surface area (Å²) >= 11 is 0. The van der Waals surface area contributed by atoms with Crippen molar-refractivity contribution in [3.63, 3.8) is 0 Å². The molecule has 0 aliphatic heterocycles. The summed E-state index contributed by atoms with van der Waals surface area (Å²) in [5.41, 5.74) is 0.237. The monoisotopic (exact) mass is 268 g/mol. The van der Waals surface area contributed by atoms with Gasteiger partial charge in [0.2, 0.25) is 0 Å². The Morgan fingerprint density at radius 1 is 1.16 bits per heavy atom.